The number of hydrogen-bond acceptors (Lipinski definition) is 5. The first-order chi connectivity index (χ1) is 11.4. The van der Waals surface area contributed by atoms with E-state index in [4.69, 9.17) is 5.73 Å². The van der Waals surface area contributed by atoms with E-state index in [9.17, 15) is 14.4 Å². The fourth-order valence-electron chi connectivity index (χ4n) is 2.98. The van der Waals surface area contributed by atoms with Crippen molar-refractivity contribution in [1.29, 1.82) is 0 Å². The number of halogens is 1. The van der Waals surface area contributed by atoms with Crippen LogP contribution in [0.1, 0.15) is 36.2 Å². The van der Waals surface area contributed by atoms with Crippen LogP contribution in [0.15, 0.2) is 16.7 Å². The van der Waals surface area contributed by atoms with Crippen LogP contribution in [0.4, 0.5) is 10.5 Å². The number of carbonyl (C=O) groups excluding carboxylic acids is 3. The number of nitrogens with one attached hydrogen (secondary N) is 2. The molecule has 0 bridgehead atoms. The van der Waals surface area contributed by atoms with E-state index in [1.54, 1.807) is 6.07 Å². The van der Waals surface area contributed by atoms with Crippen LogP contribution in [0.3, 0.4) is 0 Å². The van der Waals surface area contributed by atoms with E-state index in [0.717, 1.165) is 23.7 Å². The molecule has 2 fully saturated rings. The van der Waals surface area contributed by atoms with E-state index in [-0.39, 0.29) is 17.6 Å². The van der Waals surface area contributed by atoms with Gasteiger partial charge in [0.25, 0.3) is 11.8 Å². The van der Waals surface area contributed by atoms with Gasteiger partial charge in [-0.2, -0.15) is 0 Å². The number of anilines is 1. The van der Waals surface area contributed by atoms with Crippen molar-refractivity contribution in [3.63, 3.8) is 0 Å². The van der Waals surface area contributed by atoms with Crippen LogP contribution in [0, 0.1) is 0 Å². The largest absolute Gasteiger partial charge is 0.383 e. The second-order valence-electron chi connectivity index (χ2n) is 6.02. The number of rotatable bonds is 6. The highest BCUT2D eigenvalue weighted by Gasteiger charge is 2.54. The standard InChI is InChI=1S/C15H18BrN5O3/c16-9-7-10(11(12(17)22)19-8-9)18-5-2-6-21-13(23)15(3-1-4-15)20-14(21)24/h7-8,18H,1-6H2,(H2,17,22)(H,20,24). The normalized spacial score (nSPS) is 18.5. The number of aromatic nitrogens is 1. The smallest absolute Gasteiger partial charge is 0.325 e. The summed E-state index contributed by atoms with van der Waals surface area (Å²) in [6.45, 7) is 0.801. The Hall–Kier alpha value is -2.16. The molecule has 3 rings (SSSR count). The molecule has 8 nitrogen and oxygen atoms in total. The summed E-state index contributed by atoms with van der Waals surface area (Å²) in [4.78, 5) is 40.9. The Morgan fingerprint density at radius 1 is 1.46 bits per heavy atom. The van der Waals surface area contributed by atoms with Crippen molar-refractivity contribution in [3.05, 3.63) is 22.4 Å². The van der Waals surface area contributed by atoms with Gasteiger partial charge in [0.05, 0.1) is 5.69 Å². The number of nitrogens with two attached hydrogens (primary N) is 1. The summed E-state index contributed by atoms with van der Waals surface area (Å²) in [6, 6.07) is 1.39. The molecular formula is C15H18BrN5O3. The van der Waals surface area contributed by atoms with Gasteiger partial charge in [0, 0.05) is 23.8 Å². The fourth-order valence-corrected chi connectivity index (χ4v) is 3.31. The minimum Gasteiger partial charge on any atom is -0.383 e. The van der Waals surface area contributed by atoms with Crippen LogP contribution >= 0.6 is 15.9 Å². The molecule has 1 aliphatic carbocycles. The van der Waals surface area contributed by atoms with Gasteiger partial charge in [-0.1, -0.05) is 0 Å². The zero-order valence-electron chi connectivity index (χ0n) is 13.0. The molecule has 2 heterocycles. The monoisotopic (exact) mass is 395 g/mol. The Bertz CT molecular complexity index is 704. The second kappa shape index (κ2) is 6.39. The fraction of sp³-hybridized carbons (Fsp3) is 0.467. The summed E-state index contributed by atoms with van der Waals surface area (Å²) >= 11 is 3.29. The number of imide groups is 1. The molecular weight excluding hydrogens is 378 g/mol. The van der Waals surface area contributed by atoms with E-state index in [1.807, 2.05) is 0 Å². The average Bonchev–Trinajstić information content (AvgIpc) is 2.75. The van der Waals surface area contributed by atoms with Crippen molar-refractivity contribution < 1.29 is 14.4 Å². The predicted molar refractivity (Wildman–Crippen MR) is 90.4 cm³/mol. The highest BCUT2D eigenvalue weighted by Crippen LogP contribution is 2.37. The van der Waals surface area contributed by atoms with E-state index < -0.39 is 11.4 Å². The maximum Gasteiger partial charge on any atom is 0.325 e. The van der Waals surface area contributed by atoms with Gasteiger partial charge < -0.3 is 16.4 Å². The van der Waals surface area contributed by atoms with Gasteiger partial charge >= 0.3 is 6.03 Å². The number of nitrogens with zero attached hydrogens (tertiary/aromatic N) is 2. The van der Waals surface area contributed by atoms with Crippen LogP contribution < -0.4 is 16.4 Å². The van der Waals surface area contributed by atoms with Crippen molar-refractivity contribution in [2.45, 2.75) is 31.2 Å². The van der Waals surface area contributed by atoms with Gasteiger partial charge in [-0.3, -0.25) is 14.5 Å². The molecule has 4 amide bonds. The van der Waals surface area contributed by atoms with Crippen molar-refractivity contribution in [3.8, 4) is 0 Å². The van der Waals surface area contributed by atoms with Gasteiger partial charge in [-0.05, 0) is 47.7 Å². The minimum atomic E-state index is -0.641. The van der Waals surface area contributed by atoms with E-state index >= 15 is 0 Å². The van der Waals surface area contributed by atoms with Crippen molar-refractivity contribution in [2.24, 2.45) is 5.73 Å². The molecule has 4 N–H and O–H groups in total. The summed E-state index contributed by atoms with van der Waals surface area (Å²) in [5.41, 5.74) is 5.33. The molecule has 2 aliphatic rings. The predicted octanol–water partition coefficient (Wildman–Crippen LogP) is 1.22. The topological polar surface area (TPSA) is 117 Å². The third-order valence-electron chi connectivity index (χ3n) is 4.41. The van der Waals surface area contributed by atoms with Crippen LogP contribution in [0.5, 0.6) is 0 Å². The van der Waals surface area contributed by atoms with Gasteiger partial charge in [0.15, 0.2) is 5.69 Å². The quantitative estimate of drug-likeness (QED) is 0.494. The molecule has 0 atom stereocenters. The van der Waals surface area contributed by atoms with Crippen LogP contribution in [-0.2, 0) is 4.79 Å². The number of primary amides is 1. The summed E-state index contributed by atoms with van der Waals surface area (Å²) < 4.78 is 0.719. The maximum atomic E-state index is 12.3. The molecule has 128 valence electrons. The van der Waals surface area contributed by atoms with Gasteiger partial charge in [0.2, 0.25) is 0 Å². The Balaban J connectivity index is 1.55. The molecule has 1 aromatic rings. The summed E-state index contributed by atoms with van der Waals surface area (Å²) in [6.07, 6.45) is 4.46. The number of hydrogen-bond donors (Lipinski definition) is 3. The molecule has 0 unspecified atom stereocenters. The van der Waals surface area contributed by atoms with Gasteiger partial charge in [-0.15, -0.1) is 0 Å². The summed E-state index contributed by atoms with van der Waals surface area (Å²) in [7, 11) is 0. The molecule has 9 heteroatoms. The molecule has 1 aliphatic heterocycles. The SMILES string of the molecule is NC(=O)c1ncc(Br)cc1NCCCN1C(=O)NC2(CCC2)C1=O. The molecule has 1 saturated carbocycles. The Labute approximate surface area is 147 Å². The minimum absolute atomic E-state index is 0.124. The Kier molecular flexibility index (Phi) is 4.44. The number of amides is 4. The molecule has 1 saturated heterocycles. The van der Waals surface area contributed by atoms with Crippen LogP contribution in [0.2, 0.25) is 0 Å². The lowest BCUT2D eigenvalue weighted by Gasteiger charge is -2.34. The summed E-state index contributed by atoms with van der Waals surface area (Å²) in [5, 5.41) is 5.87. The van der Waals surface area contributed by atoms with Crippen LogP contribution in [-0.4, -0.2) is 46.4 Å². The Morgan fingerprint density at radius 3 is 2.79 bits per heavy atom. The highest BCUT2D eigenvalue weighted by molar-refractivity contribution is 9.10. The first-order valence-electron chi connectivity index (χ1n) is 7.76. The lowest BCUT2D eigenvalue weighted by Crippen LogP contribution is -2.52. The van der Waals surface area contributed by atoms with Crippen molar-refractivity contribution in [1.82, 2.24) is 15.2 Å². The second-order valence-corrected chi connectivity index (χ2v) is 6.93. The highest BCUT2D eigenvalue weighted by atomic mass is 79.9. The van der Waals surface area contributed by atoms with Crippen molar-refractivity contribution >= 4 is 39.5 Å². The van der Waals surface area contributed by atoms with Gasteiger partial charge in [-0.25, -0.2) is 9.78 Å². The lowest BCUT2D eigenvalue weighted by molar-refractivity contribution is -0.134. The molecule has 1 aromatic heterocycles. The summed E-state index contributed by atoms with van der Waals surface area (Å²) in [5.74, 6) is -0.744. The Morgan fingerprint density at radius 2 is 2.21 bits per heavy atom. The lowest BCUT2D eigenvalue weighted by atomic mass is 9.77. The van der Waals surface area contributed by atoms with Crippen LogP contribution in [0.25, 0.3) is 0 Å². The maximum absolute atomic E-state index is 12.3. The average molecular weight is 396 g/mol. The molecule has 1 spiro atoms. The third kappa shape index (κ3) is 2.95. The third-order valence-corrected chi connectivity index (χ3v) is 4.85. The first-order valence-corrected chi connectivity index (χ1v) is 8.55. The zero-order valence-corrected chi connectivity index (χ0v) is 14.6. The molecule has 0 radical (unpaired) electrons. The van der Waals surface area contributed by atoms with E-state index in [0.29, 0.717) is 25.2 Å². The molecule has 24 heavy (non-hydrogen) atoms. The van der Waals surface area contributed by atoms with Gasteiger partial charge in [0.1, 0.15) is 5.54 Å². The number of pyridine rings is 1. The first kappa shape index (κ1) is 16.7. The van der Waals surface area contributed by atoms with E-state index in [1.165, 1.54) is 11.1 Å². The van der Waals surface area contributed by atoms with E-state index in [2.05, 4.69) is 31.5 Å². The number of carbonyl (C=O) groups is 3. The van der Waals surface area contributed by atoms with Crippen molar-refractivity contribution in [2.75, 3.05) is 18.4 Å². The molecule has 0 aromatic carbocycles. The number of urea groups is 1. The zero-order chi connectivity index (χ0) is 17.3.